The molecular weight excluding hydrogens is 184 g/mol. The van der Waals surface area contributed by atoms with E-state index in [0.29, 0.717) is 26.4 Å². The molecule has 0 radical (unpaired) electrons. The average molecular weight is 204 g/mol. The molecule has 13 heavy (non-hydrogen) atoms. The molecule has 0 aromatic heterocycles. The summed E-state index contributed by atoms with van der Waals surface area (Å²) in [6.45, 7) is 8.51. The van der Waals surface area contributed by atoms with E-state index in [9.17, 15) is 0 Å². The number of hydrogen-bond donors (Lipinski definition) is 0. The highest BCUT2D eigenvalue weighted by atomic mass is 28.1. The van der Waals surface area contributed by atoms with Crippen molar-refractivity contribution in [3.63, 3.8) is 0 Å². The Hall–Kier alpha value is -0.483. The zero-order valence-corrected chi connectivity index (χ0v) is 11.1. The maximum Gasteiger partial charge on any atom is 0.153 e. The Labute approximate surface area is 83.5 Å². The van der Waals surface area contributed by atoms with E-state index in [4.69, 9.17) is 14.2 Å². The van der Waals surface area contributed by atoms with Crippen molar-refractivity contribution in [1.82, 2.24) is 0 Å². The van der Waals surface area contributed by atoms with Crippen LogP contribution in [0.4, 0.5) is 0 Å². The molecule has 0 aliphatic heterocycles. The van der Waals surface area contributed by atoms with Crippen LogP contribution in [-0.2, 0) is 14.2 Å². The first-order chi connectivity index (χ1) is 6.26. The van der Waals surface area contributed by atoms with Crippen LogP contribution in [0.25, 0.3) is 0 Å². The van der Waals surface area contributed by atoms with E-state index in [1.807, 2.05) is 20.8 Å². The Balaban J connectivity index is 4.10. The van der Waals surface area contributed by atoms with Gasteiger partial charge in [-0.3, -0.25) is 0 Å². The summed E-state index contributed by atoms with van der Waals surface area (Å²) in [7, 11) is 0.865. The van der Waals surface area contributed by atoms with Crippen LogP contribution in [0.3, 0.4) is 0 Å². The first-order valence-corrected chi connectivity index (χ1v) is 5.79. The van der Waals surface area contributed by atoms with Crippen molar-refractivity contribution in [2.45, 2.75) is 20.8 Å². The van der Waals surface area contributed by atoms with Gasteiger partial charge in [-0.25, -0.2) is 0 Å². The molecule has 0 unspecified atom stereocenters. The van der Waals surface area contributed by atoms with Gasteiger partial charge in [0, 0.05) is 6.61 Å². The van der Waals surface area contributed by atoms with Crippen LogP contribution in [0, 0.1) is 0 Å². The highest BCUT2D eigenvalue weighted by Crippen LogP contribution is 2.05. The van der Waals surface area contributed by atoms with Crippen molar-refractivity contribution in [3.8, 4) is 0 Å². The smallest absolute Gasteiger partial charge is 0.153 e. The van der Waals surface area contributed by atoms with Crippen molar-refractivity contribution in [1.29, 1.82) is 0 Å². The summed E-state index contributed by atoms with van der Waals surface area (Å²) in [5.41, 5.74) is 0. The first-order valence-electron chi connectivity index (χ1n) is 4.79. The van der Waals surface area contributed by atoms with Crippen LogP contribution in [0.2, 0.25) is 0 Å². The molecule has 0 saturated carbocycles. The van der Waals surface area contributed by atoms with E-state index >= 15 is 0 Å². The highest BCUT2D eigenvalue weighted by Gasteiger charge is 2.03. The molecule has 0 fully saturated rings. The molecule has 0 amide bonds. The van der Waals surface area contributed by atoms with Crippen LogP contribution in [-0.4, -0.2) is 36.7 Å². The third-order valence-electron chi connectivity index (χ3n) is 1.51. The number of hydrogen-bond acceptors (Lipinski definition) is 3. The van der Waals surface area contributed by atoms with Crippen molar-refractivity contribution in [2.75, 3.05) is 26.4 Å². The fraction of sp³-hybridized carbons (Fsp3) is 0.778. The van der Waals surface area contributed by atoms with E-state index in [0.717, 1.165) is 21.4 Å². The molecule has 0 rings (SSSR count). The fourth-order valence-corrected chi connectivity index (χ4v) is 1.49. The Morgan fingerprint density at radius 2 is 1.62 bits per heavy atom. The van der Waals surface area contributed by atoms with Crippen molar-refractivity contribution in [2.24, 2.45) is 0 Å². The summed E-state index contributed by atoms with van der Waals surface area (Å²) in [6, 6.07) is 0. The summed E-state index contributed by atoms with van der Waals surface area (Å²) in [6.07, 6.45) is 0. The molecule has 0 bridgehead atoms. The zero-order valence-electron chi connectivity index (χ0n) is 9.05. The third-order valence-corrected chi connectivity index (χ3v) is 2.36. The first kappa shape index (κ1) is 12.5. The second-order valence-corrected chi connectivity index (χ2v) is 3.39. The van der Waals surface area contributed by atoms with E-state index in [1.54, 1.807) is 0 Å². The van der Waals surface area contributed by atoms with E-state index < -0.39 is 0 Å². The van der Waals surface area contributed by atoms with Gasteiger partial charge in [-0.1, -0.05) is 0 Å². The molecule has 0 heterocycles. The van der Waals surface area contributed by atoms with Crippen LogP contribution < -0.4 is 0 Å². The number of rotatable bonds is 7. The largest absolute Gasteiger partial charge is 0.501 e. The second kappa shape index (κ2) is 8.13. The molecule has 0 saturated heterocycles. The summed E-state index contributed by atoms with van der Waals surface area (Å²) in [5, 5.41) is 0.956. The molecule has 4 heteroatoms. The Morgan fingerprint density at radius 1 is 1.00 bits per heavy atom. The van der Waals surface area contributed by atoms with Gasteiger partial charge < -0.3 is 14.2 Å². The molecule has 0 N–H and O–H groups in total. The Morgan fingerprint density at radius 3 is 2.08 bits per heavy atom. The minimum atomic E-state index is 0.531. The Bertz CT molecular complexity index is 157. The third kappa shape index (κ3) is 5.71. The van der Waals surface area contributed by atoms with Crippen LogP contribution in [0.1, 0.15) is 20.8 Å². The van der Waals surface area contributed by atoms with Gasteiger partial charge in [0.25, 0.3) is 0 Å². The molecule has 0 aliphatic carbocycles. The van der Waals surface area contributed by atoms with Crippen LogP contribution >= 0.6 is 0 Å². The van der Waals surface area contributed by atoms with Gasteiger partial charge in [0.1, 0.15) is 12.0 Å². The minimum Gasteiger partial charge on any atom is -0.501 e. The van der Waals surface area contributed by atoms with Crippen LogP contribution in [0.15, 0.2) is 11.1 Å². The summed E-state index contributed by atoms with van der Waals surface area (Å²) in [5.74, 6) is 0.859. The van der Waals surface area contributed by atoms with Crippen molar-refractivity contribution < 1.29 is 14.2 Å². The van der Waals surface area contributed by atoms with Crippen molar-refractivity contribution >= 4 is 10.2 Å². The lowest BCUT2D eigenvalue weighted by Crippen LogP contribution is -2.08. The standard InChI is InChI=1S/C9H20O3Si/c1-4-10-7-8(11-5-2)9(13)12-6-3/h4-7H2,1-3,13H3. The van der Waals surface area contributed by atoms with Gasteiger partial charge >= 0.3 is 0 Å². The van der Waals surface area contributed by atoms with Gasteiger partial charge in [0.05, 0.1) is 23.5 Å². The Kier molecular flexibility index (Phi) is 7.83. The predicted molar refractivity (Wildman–Crippen MR) is 56.7 cm³/mol. The minimum absolute atomic E-state index is 0.531. The van der Waals surface area contributed by atoms with Crippen molar-refractivity contribution in [3.05, 3.63) is 11.1 Å². The molecule has 0 aliphatic rings. The quantitative estimate of drug-likeness (QED) is 0.450. The monoisotopic (exact) mass is 204 g/mol. The molecule has 0 spiro atoms. The number of ether oxygens (including phenoxy) is 3. The van der Waals surface area contributed by atoms with Gasteiger partial charge in [-0.2, -0.15) is 0 Å². The summed E-state index contributed by atoms with van der Waals surface area (Å²) in [4.78, 5) is 0. The molecule has 0 atom stereocenters. The molecule has 3 nitrogen and oxygen atoms in total. The average Bonchev–Trinajstić information content (AvgIpc) is 2.12. The van der Waals surface area contributed by atoms with E-state index in [2.05, 4.69) is 0 Å². The van der Waals surface area contributed by atoms with Crippen LogP contribution in [0.5, 0.6) is 0 Å². The molecule has 78 valence electrons. The van der Waals surface area contributed by atoms with E-state index in [-0.39, 0.29) is 0 Å². The molecule has 0 aromatic rings. The lowest BCUT2D eigenvalue weighted by atomic mass is 10.5. The summed E-state index contributed by atoms with van der Waals surface area (Å²) >= 11 is 0. The molecule has 0 aromatic carbocycles. The van der Waals surface area contributed by atoms with Gasteiger partial charge in [0.15, 0.2) is 5.76 Å². The lowest BCUT2D eigenvalue weighted by Gasteiger charge is -2.13. The second-order valence-electron chi connectivity index (χ2n) is 2.48. The van der Waals surface area contributed by atoms with Gasteiger partial charge in [0.2, 0.25) is 0 Å². The zero-order chi connectivity index (χ0) is 10.1. The maximum absolute atomic E-state index is 5.42. The fourth-order valence-electron chi connectivity index (χ4n) is 0.911. The topological polar surface area (TPSA) is 27.7 Å². The highest BCUT2D eigenvalue weighted by molar-refractivity contribution is 6.20. The van der Waals surface area contributed by atoms with Gasteiger partial charge in [-0.15, -0.1) is 0 Å². The SMILES string of the molecule is CCOCC(OCC)=C([SiH3])OCC. The summed E-state index contributed by atoms with van der Waals surface area (Å²) < 4.78 is 16.1. The normalized spacial score (nSPS) is 12.5. The predicted octanol–water partition coefficient (Wildman–Crippen LogP) is 0.630. The molecular formula is C9H20O3Si. The lowest BCUT2D eigenvalue weighted by molar-refractivity contribution is 0.0960. The van der Waals surface area contributed by atoms with E-state index in [1.165, 1.54) is 0 Å². The maximum atomic E-state index is 5.42. The van der Waals surface area contributed by atoms with Gasteiger partial charge in [-0.05, 0) is 20.8 Å².